The van der Waals surface area contributed by atoms with Crippen molar-refractivity contribution >= 4 is 12.2 Å². The molecule has 0 amide bonds. The number of benzene rings is 1. The van der Waals surface area contributed by atoms with Crippen LogP contribution in [0, 0.1) is 6.92 Å². The molecule has 0 aromatic heterocycles. The van der Waals surface area contributed by atoms with Crippen LogP contribution in [0.25, 0.3) is 12.2 Å². The Bertz CT molecular complexity index is 437. The van der Waals surface area contributed by atoms with E-state index in [9.17, 15) is 0 Å². The highest BCUT2D eigenvalue weighted by Gasteiger charge is 1.96. The quantitative estimate of drug-likeness (QED) is 0.399. The molecule has 0 radical (unpaired) electrons. The standard InChI is InChI=1S/C21H32/c1-4-6-7-8-9-10-11-12-13-15-20-17-16-19(3)18-21(20)14-5-2/h5,13-18H,4,6-12H2,1-3H3. The molecule has 0 aliphatic heterocycles. The molecule has 21 heavy (non-hydrogen) atoms. The maximum absolute atomic E-state index is 2.34. The van der Waals surface area contributed by atoms with E-state index in [1.807, 2.05) is 0 Å². The van der Waals surface area contributed by atoms with Gasteiger partial charge in [-0.2, -0.15) is 0 Å². The van der Waals surface area contributed by atoms with Gasteiger partial charge >= 0.3 is 0 Å². The van der Waals surface area contributed by atoms with Crippen molar-refractivity contribution in [3.05, 3.63) is 47.0 Å². The molecule has 0 aliphatic rings. The lowest BCUT2D eigenvalue weighted by atomic mass is 10.0. The highest BCUT2D eigenvalue weighted by Crippen LogP contribution is 2.16. The smallest absolute Gasteiger partial charge is 0.0185 e. The summed E-state index contributed by atoms with van der Waals surface area (Å²) in [5.74, 6) is 0. The van der Waals surface area contributed by atoms with Gasteiger partial charge in [-0.25, -0.2) is 0 Å². The minimum atomic E-state index is 1.21. The first-order valence-corrected chi connectivity index (χ1v) is 8.67. The average molecular weight is 284 g/mol. The van der Waals surface area contributed by atoms with Crippen LogP contribution in [0.2, 0.25) is 0 Å². The number of unbranched alkanes of at least 4 members (excludes halogenated alkanes) is 7. The van der Waals surface area contributed by atoms with Gasteiger partial charge in [0, 0.05) is 0 Å². The van der Waals surface area contributed by atoms with Crippen LogP contribution < -0.4 is 0 Å². The summed E-state index contributed by atoms with van der Waals surface area (Å²) in [6.45, 7) is 6.51. The Morgan fingerprint density at radius 3 is 2.29 bits per heavy atom. The Hall–Kier alpha value is -1.30. The minimum Gasteiger partial charge on any atom is -0.0870 e. The molecule has 1 aromatic carbocycles. The van der Waals surface area contributed by atoms with Crippen LogP contribution in [0.15, 0.2) is 30.4 Å². The van der Waals surface area contributed by atoms with Crippen molar-refractivity contribution in [2.24, 2.45) is 0 Å². The molecule has 0 fully saturated rings. The van der Waals surface area contributed by atoms with Crippen molar-refractivity contribution in [2.45, 2.75) is 72.1 Å². The third kappa shape index (κ3) is 7.90. The molecular formula is C21H32. The molecule has 0 saturated carbocycles. The molecule has 0 spiro atoms. The molecule has 116 valence electrons. The van der Waals surface area contributed by atoms with Gasteiger partial charge in [0.15, 0.2) is 0 Å². The Morgan fingerprint density at radius 1 is 0.857 bits per heavy atom. The molecule has 0 heterocycles. The predicted molar refractivity (Wildman–Crippen MR) is 97.5 cm³/mol. The van der Waals surface area contributed by atoms with Crippen LogP contribution in [0.4, 0.5) is 0 Å². The molecule has 0 N–H and O–H groups in total. The van der Waals surface area contributed by atoms with Crippen molar-refractivity contribution in [1.82, 2.24) is 0 Å². The third-order valence-corrected chi connectivity index (χ3v) is 3.86. The van der Waals surface area contributed by atoms with Crippen molar-refractivity contribution in [3.8, 4) is 0 Å². The van der Waals surface area contributed by atoms with Gasteiger partial charge in [-0.15, -0.1) is 0 Å². The fraction of sp³-hybridized carbons (Fsp3) is 0.524. The van der Waals surface area contributed by atoms with Gasteiger partial charge in [0.2, 0.25) is 0 Å². The van der Waals surface area contributed by atoms with Gasteiger partial charge in [0.25, 0.3) is 0 Å². The minimum absolute atomic E-state index is 1.21. The molecule has 1 rings (SSSR count). The first kappa shape index (κ1) is 17.8. The molecule has 0 bridgehead atoms. The van der Waals surface area contributed by atoms with Gasteiger partial charge in [-0.1, -0.05) is 93.5 Å². The predicted octanol–water partition coefficient (Wildman–Crippen LogP) is 7.18. The van der Waals surface area contributed by atoms with Crippen molar-refractivity contribution in [2.75, 3.05) is 0 Å². The van der Waals surface area contributed by atoms with Crippen LogP contribution in [0.3, 0.4) is 0 Å². The van der Waals surface area contributed by atoms with E-state index in [2.05, 4.69) is 63.3 Å². The molecule has 0 atom stereocenters. The molecule has 0 aliphatic carbocycles. The van der Waals surface area contributed by atoms with Crippen LogP contribution in [-0.2, 0) is 0 Å². The van der Waals surface area contributed by atoms with E-state index in [1.165, 1.54) is 68.1 Å². The summed E-state index contributed by atoms with van der Waals surface area (Å²) in [5.41, 5.74) is 3.99. The zero-order valence-corrected chi connectivity index (χ0v) is 14.2. The summed E-state index contributed by atoms with van der Waals surface area (Å²) in [5, 5.41) is 0. The van der Waals surface area contributed by atoms with E-state index in [4.69, 9.17) is 0 Å². The summed E-state index contributed by atoms with van der Waals surface area (Å²) in [6.07, 6.45) is 19.8. The topological polar surface area (TPSA) is 0 Å². The summed E-state index contributed by atoms with van der Waals surface area (Å²) < 4.78 is 0. The average Bonchev–Trinajstić information content (AvgIpc) is 2.48. The first-order chi connectivity index (χ1) is 10.3. The largest absolute Gasteiger partial charge is 0.0870 e. The Labute approximate surface area is 132 Å². The molecule has 0 unspecified atom stereocenters. The van der Waals surface area contributed by atoms with E-state index in [-0.39, 0.29) is 0 Å². The van der Waals surface area contributed by atoms with Crippen LogP contribution in [0.5, 0.6) is 0 Å². The number of aryl methyl sites for hydroxylation is 1. The van der Waals surface area contributed by atoms with Crippen LogP contribution in [-0.4, -0.2) is 0 Å². The second-order valence-electron chi connectivity index (χ2n) is 5.94. The van der Waals surface area contributed by atoms with Crippen molar-refractivity contribution in [1.29, 1.82) is 0 Å². The lowest BCUT2D eigenvalue weighted by Gasteiger charge is -2.03. The van der Waals surface area contributed by atoms with E-state index in [0.29, 0.717) is 0 Å². The second-order valence-corrected chi connectivity index (χ2v) is 5.94. The van der Waals surface area contributed by atoms with Gasteiger partial charge in [0.05, 0.1) is 0 Å². The maximum Gasteiger partial charge on any atom is -0.0185 e. The Kier molecular flexibility index (Phi) is 9.61. The van der Waals surface area contributed by atoms with Crippen LogP contribution >= 0.6 is 0 Å². The number of rotatable bonds is 10. The van der Waals surface area contributed by atoms with E-state index >= 15 is 0 Å². The lowest BCUT2D eigenvalue weighted by molar-refractivity contribution is 0.592. The lowest BCUT2D eigenvalue weighted by Crippen LogP contribution is -1.83. The molecule has 0 heteroatoms. The van der Waals surface area contributed by atoms with Crippen molar-refractivity contribution < 1.29 is 0 Å². The zero-order chi connectivity index (χ0) is 15.3. The molecular weight excluding hydrogens is 252 g/mol. The van der Waals surface area contributed by atoms with Gasteiger partial charge in [0.1, 0.15) is 0 Å². The van der Waals surface area contributed by atoms with E-state index in [0.717, 1.165) is 0 Å². The highest BCUT2D eigenvalue weighted by atomic mass is 14.0. The Balaban J connectivity index is 2.30. The zero-order valence-electron chi connectivity index (χ0n) is 14.2. The third-order valence-electron chi connectivity index (χ3n) is 3.86. The number of hydrogen-bond donors (Lipinski definition) is 0. The highest BCUT2D eigenvalue weighted by molar-refractivity contribution is 5.65. The molecule has 0 nitrogen and oxygen atoms in total. The number of allylic oxidation sites excluding steroid dienone is 2. The number of hydrogen-bond acceptors (Lipinski definition) is 0. The summed E-state index contributed by atoms with van der Waals surface area (Å²) >= 11 is 0. The van der Waals surface area contributed by atoms with E-state index < -0.39 is 0 Å². The van der Waals surface area contributed by atoms with Crippen molar-refractivity contribution in [3.63, 3.8) is 0 Å². The van der Waals surface area contributed by atoms with Gasteiger partial charge in [-0.3, -0.25) is 0 Å². The second kappa shape index (κ2) is 11.4. The normalized spacial score (nSPS) is 11.8. The van der Waals surface area contributed by atoms with Gasteiger partial charge < -0.3 is 0 Å². The monoisotopic (exact) mass is 284 g/mol. The fourth-order valence-corrected chi connectivity index (χ4v) is 2.60. The first-order valence-electron chi connectivity index (χ1n) is 8.67. The summed E-state index contributed by atoms with van der Waals surface area (Å²) in [4.78, 5) is 0. The molecule has 1 aromatic rings. The van der Waals surface area contributed by atoms with E-state index in [1.54, 1.807) is 0 Å². The van der Waals surface area contributed by atoms with Gasteiger partial charge in [-0.05, 0) is 37.8 Å². The maximum atomic E-state index is 2.34. The summed E-state index contributed by atoms with van der Waals surface area (Å²) in [6, 6.07) is 6.68. The fourth-order valence-electron chi connectivity index (χ4n) is 2.60. The SMILES string of the molecule is CC=Cc1cc(C)ccc1C=CCCCCCCCCC. The Morgan fingerprint density at radius 2 is 1.57 bits per heavy atom. The van der Waals surface area contributed by atoms with Crippen LogP contribution in [0.1, 0.15) is 81.9 Å². The summed E-state index contributed by atoms with van der Waals surface area (Å²) in [7, 11) is 0. The molecule has 0 saturated heterocycles.